The van der Waals surface area contributed by atoms with E-state index in [1.165, 1.54) is 0 Å². The maximum absolute atomic E-state index is 13.2. The summed E-state index contributed by atoms with van der Waals surface area (Å²) in [4.78, 5) is 21.8. The van der Waals surface area contributed by atoms with Crippen LogP contribution in [0.25, 0.3) is 6.08 Å². The van der Waals surface area contributed by atoms with E-state index in [2.05, 4.69) is 18.7 Å². The molecule has 5 heteroatoms. The second-order valence-electron chi connectivity index (χ2n) is 6.46. The fourth-order valence-electron chi connectivity index (χ4n) is 3.12. The van der Waals surface area contributed by atoms with E-state index in [0.29, 0.717) is 16.7 Å². The van der Waals surface area contributed by atoms with Crippen LogP contribution in [0.1, 0.15) is 32.3 Å². The van der Waals surface area contributed by atoms with Crippen LogP contribution in [0, 0.1) is 0 Å². The Morgan fingerprint density at radius 3 is 2.37 bits per heavy atom. The van der Waals surface area contributed by atoms with Crippen LogP contribution in [0.15, 0.2) is 65.3 Å². The fourth-order valence-corrected chi connectivity index (χ4v) is 3.31. The number of carbonyl (C=O) groups excluding carboxylic acids is 1. The van der Waals surface area contributed by atoms with Crippen molar-refractivity contribution < 1.29 is 4.79 Å². The standard InChI is InChI=1S/C22H24ClN3O/c1-3-13-25(14-4-2)22-24-20(15-17-9-6-5-7-10-17)21(27)26(22)19-12-8-11-18(23)16-19/h5-12,15-16H,3-4,13-14H2,1-2H3. The molecule has 0 saturated heterocycles. The zero-order valence-electron chi connectivity index (χ0n) is 15.7. The molecule has 3 rings (SSSR count). The third kappa shape index (κ3) is 4.40. The van der Waals surface area contributed by atoms with E-state index in [9.17, 15) is 4.79 Å². The highest BCUT2D eigenvalue weighted by atomic mass is 35.5. The number of guanidine groups is 1. The number of nitrogens with zero attached hydrogens (tertiary/aromatic N) is 3. The first kappa shape index (κ1) is 19.2. The topological polar surface area (TPSA) is 35.9 Å². The smallest absolute Gasteiger partial charge is 0.283 e. The van der Waals surface area contributed by atoms with Crippen LogP contribution in [0.4, 0.5) is 5.69 Å². The SMILES string of the molecule is CCCN(CCC)C1=NC(=Cc2ccccc2)C(=O)N1c1cccc(Cl)c1. The average molecular weight is 382 g/mol. The van der Waals surface area contributed by atoms with Crippen molar-refractivity contribution in [1.29, 1.82) is 0 Å². The van der Waals surface area contributed by atoms with Crippen LogP contribution in [-0.4, -0.2) is 29.9 Å². The second-order valence-corrected chi connectivity index (χ2v) is 6.90. The van der Waals surface area contributed by atoms with Gasteiger partial charge in [-0.15, -0.1) is 0 Å². The van der Waals surface area contributed by atoms with Crippen molar-refractivity contribution in [3.63, 3.8) is 0 Å². The summed E-state index contributed by atoms with van der Waals surface area (Å²) in [5, 5.41) is 0.595. The molecule has 0 aromatic heterocycles. The summed E-state index contributed by atoms with van der Waals surface area (Å²) in [7, 11) is 0. The molecule has 4 nitrogen and oxygen atoms in total. The molecule has 0 spiro atoms. The minimum atomic E-state index is -0.131. The van der Waals surface area contributed by atoms with Crippen molar-refractivity contribution >= 4 is 35.2 Å². The van der Waals surface area contributed by atoms with Crippen molar-refractivity contribution in [3.05, 3.63) is 70.9 Å². The Bertz CT molecular complexity index is 855. The summed E-state index contributed by atoms with van der Waals surface area (Å²) in [5.41, 5.74) is 2.13. The number of carbonyl (C=O) groups is 1. The van der Waals surface area contributed by atoms with Crippen LogP contribution in [-0.2, 0) is 4.79 Å². The Morgan fingerprint density at radius 2 is 1.74 bits per heavy atom. The number of hydrogen-bond donors (Lipinski definition) is 0. The van der Waals surface area contributed by atoms with Gasteiger partial charge in [-0.05, 0) is 42.7 Å². The monoisotopic (exact) mass is 381 g/mol. The molecular formula is C22H24ClN3O. The van der Waals surface area contributed by atoms with Gasteiger partial charge < -0.3 is 4.90 Å². The predicted octanol–water partition coefficient (Wildman–Crippen LogP) is 5.21. The minimum absolute atomic E-state index is 0.131. The predicted molar refractivity (Wildman–Crippen MR) is 113 cm³/mol. The molecule has 1 amide bonds. The van der Waals surface area contributed by atoms with E-state index >= 15 is 0 Å². The molecule has 140 valence electrons. The normalized spacial score (nSPS) is 15.4. The van der Waals surface area contributed by atoms with Crippen molar-refractivity contribution in [2.45, 2.75) is 26.7 Å². The van der Waals surface area contributed by atoms with Crippen LogP contribution >= 0.6 is 11.6 Å². The largest absolute Gasteiger partial charge is 0.342 e. The maximum atomic E-state index is 13.2. The molecule has 0 bridgehead atoms. The summed E-state index contributed by atoms with van der Waals surface area (Å²) in [6, 6.07) is 17.1. The summed E-state index contributed by atoms with van der Waals surface area (Å²) in [6.07, 6.45) is 3.80. The van der Waals surface area contributed by atoms with Crippen LogP contribution in [0.3, 0.4) is 0 Å². The van der Waals surface area contributed by atoms with Crippen molar-refractivity contribution in [1.82, 2.24) is 4.90 Å². The summed E-state index contributed by atoms with van der Waals surface area (Å²) < 4.78 is 0. The Balaban J connectivity index is 2.06. The van der Waals surface area contributed by atoms with Crippen LogP contribution in [0.2, 0.25) is 5.02 Å². The van der Waals surface area contributed by atoms with Crippen molar-refractivity contribution in [2.75, 3.05) is 18.0 Å². The summed E-state index contributed by atoms with van der Waals surface area (Å²) in [6.45, 7) is 5.94. The van der Waals surface area contributed by atoms with Crippen molar-refractivity contribution in [2.24, 2.45) is 4.99 Å². The lowest BCUT2D eigenvalue weighted by molar-refractivity contribution is -0.113. The van der Waals surface area contributed by atoms with Gasteiger partial charge in [-0.3, -0.25) is 4.79 Å². The van der Waals surface area contributed by atoms with E-state index in [1.807, 2.05) is 48.5 Å². The molecule has 0 saturated carbocycles. The maximum Gasteiger partial charge on any atom is 0.283 e. The number of rotatable bonds is 6. The second kappa shape index (κ2) is 8.87. The van der Waals surface area contributed by atoms with Gasteiger partial charge in [-0.25, -0.2) is 9.89 Å². The van der Waals surface area contributed by atoms with Crippen molar-refractivity contribution in [3.8, 4) is 0 Å². The van der Waals surface area contributed by atoms with Gasteiger partial charge >= 0.3 is 0 Å². The Morgan fingerprint density at radius 1 is 1.04 bits per heavy atom. The lowest BCUT2D eigenvalue weighted by Crippen LogP contribution is -2.44. The third-order valence-electron chi connectivity index (χ3n) is 4.28. The Labute approximate surface area is 165 Å². The molecule has 0 aliphatic carbocycles. The highest BCUT2D eigenvalue weighted by Crippen LogP contribution is 2.28. The molecule has 1 heterocycles. The molecular weight excluding hydrogens is 358 g/mol. The number of halogens is 1. The number of anilines is 1. The summed E-state index contributed by atoms with van der Waals surface area (Å²) >= 11 is 6.18. The van der Waals surface area contributed by atoms with Crippen LogP contribution < -0.4 is 4.90 Å². The van der Waals surface area contributed by atoms with Gasteiger partial charge in [-0.1, -0.05) is 61.8 Å². The Hall–Kier alpha value is -2.59. The minimum Gasteiger partial charge on any atom is -0.342 e. The first-order valence-corrected chi connectivity index (χ1v) is 9.72. The van der Waals surface area contributed by atoms with E-state index in [4.69, 9.17) is 16.6 Å². The molecule has 1 aliphatic heterocycles. The van der Waals surface area contributed by atoms with E-state index < -0.39 is 0 Å². The first-order chi connectivity index (χ1) is 13.1. The number of aliphatic imine (C=N–C) groups is 1. The zero-order chi connectivity index (χ0) is 19.2. The van der Waals surface area contributed by atoms with Gasteiger partial charge in [0, 0.05) is 18.1 Å². The molecule has 27 heavy (non-hydrogen) atoms. The summed E-state index contributed by atoms with van der Waals surface area (Å²) in [5.74, 6) is 0.543. The molecule has 2 aromatic carbocycles. The fraction of sp³-hybridized carbons (Fsp3) is 0.273. The molecule has 0 radical (unpaired) electrons. The van der Waals surface area contributed by atoms with Gasteiger partial charge in [-0.2, -0.15) is 0 Å². The van der Waals surface area contributed by atoms with Gasteiger partial charge in [0.2, 0.25) is 5.96 Å². The molecule has 0 N–H and O–H groups in total. The lowest BCUT2D eigenvalue weighted by Gasteiger charge is -2.29. The average Bonchev–Trinajstić information content (AvgIpc) is 2.98. The van der Waals surface area contributed by atoms with E-state index in [1.54, 1.807) is 17.0 Å². The van der Waals surface area contributed by atoms with E-state index in [-0.39, 0.29) is 5.91 Å². The highest BCUT2D eigenvalue weighted by molar-refractivity contribution is 6.32. The molecule has 1 aliphatic rings. The number of amides is 1. The van der Waals surface area contributed by atoms with Gasteiger partial charge in [0.1, 0.15) is 5.70 Å². The molecule has 2 aromatic rings. The Kier molecular flexibility index (Phi) is 6.30. The van der Waals surface area contributed by atoms with Crippen LogP contribution in [0.5, 0.6) is 0 Å². The molecule has 0 fully saturated rings. The molecule has 0 atom stereocenters. The van der Waals surface area contributed by atoms with Gasteiger partial charge in [0.05, 0.1) is 5.69 Å². The molecule has 0 unspecified atom stereocenters. The van der Waals surface area contributed by atoms with Gasteiger partial charge in [0.25, 0.3) is 5.91 Å². The number of hydrogen-bond acceptors (Lipinski definition) is 3. The quantitative estimate of drug-likeness (QED) is 0.644. The number of benzene rings is 2. The highest BCUT2D eigenvalue weighted by Gasteiger charge is 2.34. The van der Waals surface area contributed by atoms with E-state index in [0.717, 1.165) is 37.2 Å². The van der Waals surface area contributed by atoms with Gasteiger partial charge in [0.15, 0.2) is 0 Å². The lowest BCUT2D eigenvalue weighted by atomic mass is 10.2. The first-order valence-electron chi connectivity index (χ1n) is 9.34. The third-order valence-corrected chi connectivity index (χ3v) is 4.52. The zero-order valence-corrected chi connectivity index (χ0v) is 16.5.